The van der Waals surface area contributed by atoms with Crippen LogP contribution in [-0.4, -0.2) is 53.2 Å². The molecule has 19 heavy (non-hydrogen) atoms. The maximum atomic E-state index is 6.02. The lowest BCUT2D eigenvalue weighted by atomic mass is 10.1. The molecule has 1 aliphatic heterocycles. The van der Waals surface area contributed by atoms with Crippen LogP contribution in [0, 0.1) is 0 Å². The van der Waals surface area contributed by atoms with Gasteiger partial charge in [0.2, 0.25) is 0 Å². The topological polar surface area (TPSA) is 46.2 Å². The van der Waals surface area contributed by atoms with Crippen LogP contribution in [0.5, 0.6) is 0 Å². The first kappa shape index (κ1) is 16.9. The Labute approximate surface area is 116 Å². The Morgan fingerprint density at radius 2 is 1.16 bits per heavy atom. The maximum Gasteiger partial charge on any atom is 0.156 e. The molecule has 1 heterocycles. The Morgan fingerprint density at radius 3 is 1.47 bits per heavy atom. The van der Waals surface area contributed by atoms with Gasteiger partial charge in [0.05, 0.1) is 12.2 Å². The second kappa shape index (κ2) is 9.66. The molecule has 0 aromatic carbocycles. The minimum atomic E-state index is -0.117. The van der Waals surface area contributed by atoms with Crippen molar-refractivity contribution < 1.29 is 23.7 Å². The molecule has 1 aliphatic rings. The SMILES string of the molecule is COC(CCC1CCC(CCC(OC)OC)O1)OC. The van der Waals surface area contributed by atoms with Crippen molar-refractivity contribution in [2.24, 2.45) is 0 Å². The smallest absolute Gasteiger partial charge is 0.156 e. The van der Waals surface area contributed by atoms with Crippen molar-refractivity contribution in [3.63, 3.8) is 0 Å². The first-order valence-corrected chi connectivity index (χ1v) is 7.00. The second-order valence-electron chi connectivity index (χ2n) is 4.91. The highest BCUT2D eigenvalue weighted by atomic mass is 16.7. The van der Waals surface area contributed by atoms with E-state index in [9.17, 15) is 0 Å². The van der Waals surface area contributed by atoms with Crippen LogP contribution in [0.25, 0.3) is 0 Å². The third-order valence-electron chi connectivity index (χ3n) is 3.70. The molecule has 2 unspecified atom stereocenters. The fourth-order valence-corrected chi connectivity index (χ4v) is 2.51. The molecular formula is C14H28O5. The second-order valence-corrected chi connectivity index (χ2v) is 4.91. The quantitative estimate of drug-likeness (QED) is 0.573. The molecule has 1 fully saturated rings. The molecule has 5 nitrogen and oxygen atoms in total. The van der Waals surface area contributed by atoms with Gasteiger partial charge in [0.1, 0.15) is 0 Å². The molecule has 0 amide bonds. The average Bonchev–Trinajstić information content (AvgIpc) is 2.89. The normalized spacial score (nSPS) is 23.7. The molecular weight excluding hydrogens is 248 g/mol. The average molecular weight is 276 g/mol. The predicted molar refractivity (Wildman–Crippen MR) is 72.0 cm³/mol. The minimum Gasteiger partial charge on any atom is -0.375 e. The lowest BCUT2D eigenvalue weighted by Crippen LogP contribution is -2.19. The van der Waals surface area contributed by atoms with E-state index in [4.69, 9.17) is 23.7 Å². The molecule has 0 saturated carbocycles. The van der Waals surface area contributed by atoms with Crippen LogP contribution in [0.1, 0.15) is 38.5 Å². The van der Waals surface area contributed by atoms with E-state index in [2.05, 4.69) is 0 Å². The molecule has 2 atom stereocenters. The van der Waals surface area contributed by atoms with E-state index in [-0.39, 0.29) is 12.6 Å². The summed E-state index contributed by atoms with van der Waals surface area (Å²) in [6, 6.07) is 0. The molecule has 5 heteroatoms. The van der Waals surface area contributed by atoms with E-state index in [0.29, 0.717) is 12.2 Å². The Balaban J connectivity index is 2.15. The van der Waals surface area contributed by atoms with E-state index < -0.39 is 0 Å². The summed E-state index contributed by atoms with van der Waals surface area (Å²) < 4.78 is 26.8. The molecule has 1 rings (SSSR count). The lowest BCUT2D eigenvalue weighted by molar-refractivity contribution is -0.117. The van der Waals surface area contributed by atoms with Gasteiger partial charge in [-0.1, -0.05) is 0 Å². The van der Waals surface area contributed by atoms with E-state index in [0.717, 1.165) is 38.5 Å². The van der Waals surface area contributed by atoms with Crippen LogP contribution in [0.4, 0.5) is 0 Å². The van der Waals surface area contributed by atoms with Gasteiger partial charge >= 0.3 is 0 Å². The number of hydrogen-bond acceptors (Lipinski definition) is 5. The fraction of sp³-hybridized carbons (Fsp3) is 1.00. The number of methoxy groups -OCH3 is 4. The standard InChI is InChI=1S/C14H28O5/c1-15-13(16-2)9-7-11-5-6-12(19-11)8-10-14(17-3)18-4/h11-14H,5-10H2,1-4H3. The highest BCUT2D eigenvalue weighted by molar-refractivity contribution is 4.74. The summed E-state index contributed by atoms with van der Waals surface area (Å²) in [4.78, 5) is 0. The molecule has 0 aromatic rings. The van der Waals surface area contributed by atoms with Gasteiger partial charge in [-0.15, -0.1) is 0 Å². The third kappa shape index (κ3) is 6.19. The van der Waals surface area contributed by atoms with E-state index in [1.54, 1.807) is 28.4 Å². The Morgan fingerprint density at radius 1 is 0.789 bits per heavy atom. The van der Waals surface area contributed by atoms with Crippen molar-refractivity contribution in [2.45, 2.75) is 63.3 Å². The lowest BCUT2D eigenvalue weighted by Gasteiger charge is -2.18. The number of hydrogen-bond donors (Lipinski definition) is 0. The summed E-state index contributed by atoms with van der Waals surface area (Å²) in [5, 5.41) is 0. The summed E-state index contributed by atoms with van der Waals surface area (Å²) in [6.45, 7) is 0. The molecule has 0 N–H and O–H groups in total. The molecule has 0 bridgehead atoms. The minimum absolute atomic E-state index is 0.117. The number of ether oxygens (including phenoxy) is 5. The molecule has 114 valence electrons. The molecule has 0 aliphatic carbocycles. The largest absolute Gasteiger partial charge is 0.375 e. The maximum absolute atomic E-state index is 6.02. The van der Waals surface area contributed by atoms with Crippen LogP contribution in [0.15, 0.2) is 0 Å². The number of rotatable bonds is 10. The van der Waals surface area contributed by atoms with Gasteiger partial charge in [0, 0.05) is 41.3 Å². The summed E-state index contributed by atoms with van der Waals surface area (Å²) in [7, 11) is 6.68. The van der Waals surface area contributed by atoms with Gasteiger partial charge in [-0.3, -0.25) is 0 Å². The van der Waals surface area contributed by atoms with Crippen LogP contribution in [0.2, 0.25) is 0 Å². The molecule has 1 saturated heterocycles. The predicted octanol–water partition coefficient (Wildman–Crippen LogP) is 2.33. The van der Waals surface area contributed by atoms with Gasteiger partial charge in [0.25, 0.3) is 0 Å². The Hall–Kier alpha value is -0.200. The molecule has 0 aromatic heterocycles. The van der Waals surface area contributed by atoms with Crippen molar-refractivity contribution >= 4 is 0 Å². The summed E-state index contributed by atoms with van der Waals surface area (Å²) in [6.07, 6.45) is 6.41. The monoisotopic (exact) mass is 276 g/mol. The highest BCUT2D eigenvalue weighted by Gasteiger charge is 2.26. The fourth-order valence-electron chi connectivity index (χ4n) is 2.51. The van der Waals surface area contributed by atoms with Crippen LogP contribution >= 0.6 is 0 Å². The van der Waals surface area contributed by atoms with Crippen molar-refractivity contribution in [3.8, 4) is 0 Å². The summed E-state index contributed by atoms with van der Waals surface area (Å²) in [5.41, 5.74) is 0. The van der Waals surface area contributed by atoms with E-state index in [1.807, 2.05) is 0 Å². The van der Waals surface area contributed by atoms with Crippen LogP contribution in [0.3, 0.4) is 0 Å². The van der Waals surface area contributed by atoms with Crippen LogP contribution < -0.4 is 0 Å². The first-order valence-electron chi connectivity index (χ1n) is 7.00. The summed E-state index contributed by atoms with van der Waals surface area (Å²) >= 11 is 0. The zero-order chi connectivity index (χ0) is 14.1. The van der Waals surface area contributed by atoms with Gasteiger partial charge in [-0.25, -0.2) is 0 Å². The van der Waals surface area contributed by atoms with Gasteiger partial charge in [-0.05, 0) is 25.7 Å². The van der Waals surface area contributed by atoms with Crippen molar-refractivity contribution in [1.29, 1.82) is 0 Å². The Kier molecular flexibility index (Phi) is 8.57. The van der Waals surface area contributed by atoms with Crippen LogP contribution in [-0.2, 0) is 23.7 Å². The zero-order valence-corrected chi connectivity index (χ0v) is 12.6. The van der Waals surface area contributed by atoms with E-state index >= 15 is 0 Å². The molecule has 0 radical (unpaired) electrons. The van der Waals surface area contributed by atoms with Gasteiger partial charge in [-0.2, -0.15) is 0 Å². The third-order valence-corrected chi connectivity index (χ3v) is 3.70. The zero-order valence-electron chi connectivity index (χ0n) is 12.6. The van der Waals surface area contributed by atoms with Crippen molar-refractivity contribution in [2.75, 3.05) is 28.4 Å². The van der Waals surface area contributed by atoms with Gasteiger partial charge < -0.3 is 23.7 Å². The Bertz CT molecular complexity index is 194. The highest BCUT2D eigenvalue weighted by Crippen LogP contribution is 2.27. The van der Waals surface area contributed by atoms with Gasteiger partial charge in [0.15, 0.2) is 12.6 Å². The van der Waals surface area contributed by atoms with E-state index in [1.165, 1.54) is 0 Å². The van der Waals surface area contributed by atoms with Crippen molar-refractivity contribution in [3.05, 3.63) is 0 Å². The summed E-state index contributed by atoms with van der Waals surface area (Å²) in [5.74, 6) is 0. The van der Waals surface area contributed by atoms with Crippen molar-refractivity contribution in [1.82, 2.24) is 0 Å². The first-order chi connectivity index (χ1) is 9.23. The molecule has 0 spiro atoms.